The van der Waals surface area contributed by atoms with Gasteiger partial charge < -0.3 is 34.3 Å². The van der Waals surface area contributed by atoms with Gasteiger partial charge in [0.15, 0.2) is 12.4 Å². The van der Waals surface area contributed by atoms with E-state index < -0.39 is 71.2 Å². The molecule has 0 aliphatic carbocycles. The number of carbonyl (C=O) groups is 2. The van der Waals surface area contributed by atoms with Gasteiger partial charge in [-0.05, 0) is 64.2 Å². The first kappa shape index (κ1) is 54.1. The molecule has 0 bridgehead atoms. The average Bonchev–Trinajstić information content (AvgIpc) is 3.18. The number of allylic oxidation sites excluding steroid dienone is 4. The molecular formula is C45H82O12S. The number of aliphatic hydroxyl groups excluding tert-OH is 3. The van der Waals surface area contributed by atoms with E-state index in [1.165, 1.54) is 89.9 Å². The summed E-state index contributed by atoms with van der Waals surface area (Å²) in [5, 5.41) is 30.9. The predicted octanol–water partition coefficient (Wildman–Crippen LogP) is 9.23. The molecule has 0 aromatic carbocycles. The molecule has 12 nitrogen and oxygen atoms in total. The lowest BCUT2D eigenvalue weighted by Crippen LogP contribution is -2.60. The molecule has 6 atom stereocenters. The van der Waals surface area contributed by atoms with Crippen molar-refractivity contribution in [3.8, 4) is 0 Å². The van der Waals surface area contributed by atoms with Crippen LogP contribution in [0.15, 0.2) is 24.3 Å². The molecule has 1 fully saturated rings. The van der Waals surface area contributed by atoms with Gasteiger partial charge in [-0.2, -0.15) is 8.42 Å². The summed E-state index contributed by atoms with van der Waals surface area (Å²) < 4.78 is 54.0. The van der Waals surface area contributed by atoms with Crippen LogP contribution in [0, 0.1) is 0 Å². The van der Waals surface area contributed by atoms with Crippen molar-refractivity contribution in [3.63, 3.8) is 0 Å². The van der Waals surface area contributed by atoms with Crippen LogP contribution in [-0.4, -0.2) is 96.0 Å². The van der Waals surface area contributed by atoms with E-state index in [1.807, 2.05) is 0 Å². The summed E-state index contributed by atoms with van der Waals surface area (Å²) in [5.74, 6) is -1.99. The molecule has 58 heavy (non-hydrogen) atoms. The van der Waals surface area contributed by atoms with E-state index in [-0.39, 0.29) is 19.4 Å². The lowest BCUT2D eigenvalue weighted by atomic mass is 10.00. The van der Waals surface area contributed by atoms with Crippen molar-refractivity contribution in [3.05, 3.63) is 24.3 Å². The fourth-order valence-electron chi connectivity index (χ4n) is 6.90. The summed E-state index contributed by atoms with van der Waals surface area (Å²) in [4.78, 5) is 25.4. The van der Waals surface area contributed by atoms with Crippen LogP contribution < -0.4 is 0 Å². The summed E-state index contributed by atoms with van der Waals surface area (Å²) in [6, 6.07) is 0. The minimum Gasteiger partial charge on any atom is -0.462 e. The molecule has 0 aromatic rings. The molecule has 0 spiro atoms. The van der Waals surface area contributed by atoms with E-state index in [0.29, 0.717) is 12.8 Å². The second-order valence-corrected chi connectivity index (χ2v) is 17.6. The smallest absolute Gasteiger partial charge is 0.306 e. The highest BCUT2D eigenvalue weighted by Crippen LogP contribution is 2.24. The van der Waals surface area contributed by atoms with E-state index in [1.54, 1.807) is 0 Å². The molecule has 0 radical (unpaired) electrons. The number of ether oxygens (including phenoxy) is 4. The fourth-order valence-corrected chi connectivity index (χ4v) is 7.59. The van der Waals surface area contributed by atoms with Gasteiger partial charge >= 0.3 is 11.9 Å². The number of rotatable bonds is 38. The summed E-state index contributed by atoms with van der Waals surface area (Å²) >= 11 is 0. The molecule has 340 valence electrons. The van der Waals surface area contributed by atoms with Crippen molar-refractivity contribution in [2.75, 3.05) is 19.0 Å². The standard InChI is InChI=1S/C45H82O12S/c1-3-5-7-9-11-13-15-17-18-19-20-22-23-25-27-29-31-33-40(46)54-35-38(36-55-45-44(50)43(49)42(48)39(57-45)37-58(51,52)53)56-41(47)34-32-30-28-26-24-21-16-14-12-10-8-6-4-2/h14,16-18,38-39,42-45,48-50H,3-13,15,19-37H2,1-2H3,(H,51,52,53)/b16-14+,18-17+/t38-,39-,42-,43?,44?,45+/m1/s1. The van der Waals surface area contributed by atoms with Crippen LogP contribution in [0.3, 0.4) is 0 Å². The first-order valence-corrected chi connectivity index (χ1v) is 24.5. The van der Waals surface area contributed by atoms with Crippen molar-refractivity contribution in [1.82, 2.24) is 0 Å². The van der Waals surface area contributed by atoms with Crippen molar-refractivity contribution >= 4 is 22.1 Å². The zero-order valence-electron chi connectivity index (χ0n) is 36.2. The Morgan fingerprint density at radius 3 is 1.45 bits per heavy atom. The SMILES string of the molecule is CCCCCC/C=C/CCCCCCCC(=O)O[C@H](COC(=O)CCCCCCCCC/C=C/CCCCCCCC)CO[C@H]1O[C@H](CS(=O)(=O)O)[C@@H](O)C(O)C1O. The number of hydrogen-bond donors (Lipinski definition) is 4. The highest BCUT2D eigenvalue weighted by molar-refractivity contribution is 7.85. The number of esters is 2. The summed E-state index contributed by atoms with van der Waals surface area (Å²) in [6.45, 7) is 3.73. The van der Waals surface area contributed by atoms with Gasteiger partial charge in [-0.15, -0.1) is 0 Å². The summed E-state index contributed by atoms with van der Waals surface area (Å²) in [5.41, 5.74) is 0. The van der Waals surface area contributed by atoms with E-state index >= 15 is 0 Å². The predicted molar refractivity (Wildman–Crippen MR) is 229 cm³/mol. The van der Waals surface area contributed by atoms with E-state index in [0.717, 1.165) is 64.2 Å². The van der Waals surface area contributed by atoms with Crippen LogP contribution in [0.25, 0.3) is 0 Å². The van der Waals surface area contributed by atoms with Gasteiger partial charge in [-0.1, -0.05) is 141 Å². The van der Waals surface area contributed by atoms with Crippen molar-refractivity contribution < 1.29 is 56.8 Å². The van der Waals surface area contributed by atoms with Gasteiger partial charge in [0.2, 0.25) is 0 Å². The molecule has 1 heterocycles. The van der Waals surface area contributed by atoms with Crippen LogP contribution in [-0.2, 0) is 38.7 Å². The number of carbonyl (C=O) groups excluding carboxylic acids is 2. The average molecular weight is 847 g/mol. The van der Waals surface area contributed by atoms with Gasteiger partial charge in [0, 0.05) is 12.8 Å². The molecule has 13 heteroatoms. The Labute approximate surface area is 351 Å². The largest absolute Gasteiger partial charge is 0.462 e. The van der Waals surface area contributed by atoms with Crippen LogP contribution in [0.4, 0.5) is 0 Å². The van der Waals surface area contributed by atoms with Crippen LogP contribution >= 0.6 is 0 Å². The number of hydrogen-bond acceptors (Lipinski definition) is 11. The molecular weight excluding hydrogens is 765 g/mol. The zero-order chi connectivity index (χ0) is 42.7. The highest BCUT2D eigenvalue weighted by atomic mass is 32.2. The minimum absolute atomic E-state index is 0.155. The molecule has 1 rings (SSSR count). The molecule has 1 saturated heterocycles. The second kappa shape index (κ2) is 35.8. The third-order valence-electron chi connectivity index (χ3n) is 10.5. The van der Waals surface area contributed by atoms with Crippen molar-refractivity contribution in [2.45, 2.75) is 230 Å². The quantitative estimate of drug-likeness (QED) is 0.0200. The van der Waals surface area contributed by atoms with Crippen LogP contribution in [0.2, 0.25) is 0 Å². The highest BCUT2D eigenvalue weighted by Gasteiger charge is 2.46. The van der Waals surface area contributed by atoms with E-state index in [2.05, 4.69) is 38.2 Å². The normalized spacial score (nSPS) is 20.6. The second-order valence-electron chi connectivity index (χ2n) is 16.1. The Balaban J connectivity index is 2.44. The topological polar surface area (TPSA) is 186 Å². The van der Waals surface area contributed by atoms with Gasteiger partial charge in [-0.25, -0.2) is 0 Å². The Morgan fingerprint density at radius 1 is 0.569 bits per heavy atom. The molecule has 4 N–H and O–H groups in total. The number of unbranched alkanes of at least 4 members (excludes halogenated alkanes) is 22. The summed E-state index contributed by atoms with van der Waals surface area (Å²) in [6.07, 6.45) is 29.4. The van der Waals surface area contributed by atoms with Gasteiger partial charge in [0.25, 0.3) is 10.1 Å². The Kier molecular flexibility index (Phi) is 33.5. The lowest BCUT2D eigenvalue weighted by Gasteiger charge is -2.40. The van der Waals surface area contributed by atoms with E-state index in [9.17, 15) is 37.9 Å². The third kappa shape index (κ3) is 30.2. The monoisotopic (exact) mass is 847 g/mol. The molecule has 1 aliphatic heterocycles. The maximum absolute atomic E-state index is 12.8. The minimum atomic E-state index is -4.60. The first-order chi connectivity index (χ1) is 28.0. The van der Waals surface area contributed by atoms with Crippen LogP contribution in [0.1, 0.15) is 194 Å². The zero-order valence-corrected chi connectivity index (χ0v) is 37.0. The molecule has 0 amide bonds. The Bertz CT molecular complexity index is 1180. The molecule has 1 aliphatic rings. The van der Waals surface area contributed by atoms with Gasteiger partial charge in [0.1, 0.15) is 36.8 Å². The van der Waals surface area contributed by atoms with Crippen molar-refractivity contribution in [1.29, 1.82) is 0 Å². The lowest BCUT2D eigenvalue weighted by molar-refractivity contribution is -0.297. The molecule has 0 aromatic heterocycles. The molecule has 0 saturated carbocycles. The van der Waals surface area contributed by atoms with Crippen LogP contribution in [0.5, 0.6) is 0 Å². The van der Waals surface area contributed by atoms with Gasteiger partial charge in [0.05, 0.1) is 6.61 Å². The molecule has 2 unspecified atom stereocenters. The Hall–Kier alpha value is -1.87. The number of aliphatic hydroxyl groups is 3. The maximum atomic E-state index is 12.8. The van der Waals surface area contributed by atoms with E-state index in [4.69, 9.17) is 18.9 Å². The summed E-state index contributed by atoms with van der Waals surface area (Å²) in [7, 11) is -4.60. The fraction of sp³-hybridized carbons (Fsp3) is 0.867. The third-order valence-corrected chi connectivity index (χ3v) is 11.3. The first-order valence-electron chi connectivity index (χ1n) is 22.9. The maximum Gasteiger partial charge on any atom is 0.306 e. The van der Waals surface area contributed by atoms with Crippen molar-refractivity contribution in [2.24, 2.45) is 0 Å². The van der Waals surface area contributed by atoms with Gasteiger partial charge in [-0.3, -0.25) is 14.1 Å². The Morgan fingerprint density at radius 2 is 0.983 bits per heavy atom.